The Morgan fingerprint density at radius 1 is 1.11 bits per heavy atom. The van der Waals surface area contributed by atoms with E-state index in [-0.39, 0.29) is 18.0 Å². The van der Waals surface area contributed by atoms with Gasteiger partial charge >= 0.3 is 0 Å². The van der Waals surface area contributed by atoms with Gasteiger partial charge in [-0.2, -0.15) is 0 Å². The van der Waals surface area contributed by atoms with Gasteiger partial charge in [-0.1, -0.05) is 30.3 Å². The lowest BCUT2D eigenvalue weighted by Gasteiger charge is -2.24. The molecular weight excluding hydrogens is 241 g/mol. The summed E-state index contributed by atoms with van der Waals surface area (Å²) in [5.74, 6) is 0.491. The minimum atomic E-state index is -0.364. The van der Waals surface area contributed by atoms with Gasteiger partial charge in [-0.25, -0.2) is 4.39 Å². The summed E-state index contributed by atoms with van der Waals surface area (Å²) >= 11 is 0. The highest BCUT2D eigenvalue weighted by molar-refractivity contribution is 5.33. The maximum atomic E-state index is 13.3. The van der Waals surface area contributed by atoms with Crippen molar-refractivity contribution >= 4 is 0 Å². The quantitative estimate of drug-likeness (QED) is 0.910. The summed E-state index contributed by atoms with van der Waals surface area (Å²) in [5, 5.41) is 0. The molecule has 0 saturated heterocycles. The number of ether oxygens (including phenoxy) is 1. The van der Waals surface area contributed by atoms with E-state index in [9.17, 15) is 4.39 Å². The Labute approximate surface area is 113 Å². The topological polar surface area (TPSA) is 35.2 Å². The van der Waals surface area contributed by atoms with Crippen molar-refractivity contribution in [2.45, 2.75) is 26.0 Å². The van der Waals surface area contributed by atoms with Gasteiger partial charge in [0.2, 0.25) is 0 Å². The van der Waals surface area contributed by atoms with Crippen LogP contribution in [0.5, 0.6) is 5.75 Å². The van der Waals surface area contributed by atoms with Crippen LogP contribution in [0.3, 0.4) is 0 Å². The molecule has 19 heavy (non-hydrogen) atoms. The average Bonchev–Trinajstić information content (AvgIpc) is 2.37. The smallest absolute Gasteiger partial charge is 0.139 e. The molecular formula is C16H18FNO. The summed E-state index contributed by atoms with van der Waals surface area (Å²) in [5.41, 5.74) is 7.75. The van der Waals surface area contributed by atoms with Crippen molar-refractivity contribution in [2.24, 2.45) is 5.73 Å². The van der Waals surface area contributed by atoms with Crippen LogP contribution < -0.4 is 10.5 Å². The first-order chi connectivity index (χ1) is 9.08. The normalized spacial score (nSPS) is 13.9. The van der Waals surface area contributed by atoms with Crippen molar-refractivity contribution in [1.82, 2.24) is 0 Å². The van der Waals surface area contributed by atoms with Crippen molar-refractivity contribution in [2.75, 3.05) is 0 Å². The first-order valence-electron chi connectivity index (χ1n) is 6.31. The van der Waals surface area contributed by atoms with E-state index in [1.807, 2.05) is 44.2 Å². The Hall–Kier alpha value is -1.87. The number of nitrogens with two attached hydrogens (primary N) is 1. The van der Waals surface area contributed by atoms with E-state index in [4.69, 9.17) is 10.5 Å². The molecule has 2 N–H and O–H groups in total. The molecule has 0 aliphatic carbocycles. The number of hydrogen-bond acceptors (Lipinski definition) is 2. The molecule has 0 aliphatic rings. The number of benzene rings is 2. The standard InChI is InChI=1S/C16H18FNO/c1-11-6-3-4-9-15(11)19-16(12(2)18)13-7-5-8-14(17)10-13/h3-10,12,16H,18H2,1-2H3. The first-order valence-corrected chi connectivity index (χ1v) is 6.31. The molecule has 3 heteroatoms. The fourth-order valence-corrected chi connectivity index (χ4v) is 1.99. The molecule has 0 aliphatic heterocycles. The lowest BCUT2D eigenvalue weighted by molar-refractivity contribution is 0.179. The molecule has 0 aromatic heterocycles. The highest BCUT2D eigenvalue weighted by Crippen LogP contribution is 2.26. The molecule has 0 radical (unpaired) electrons. The lowest BCUT2D eigenvalue weighted by atomic mass is 10.0. The van der Waals surface area contributed by atoms with Gasteiger partial charge in [-0.15, -0.1) is 0 Å². The third-order valence-corrected chi connectivity index (χ3v) is 3.00. The summed E-state index contributed by atoms with van der Waals surface area (Å²) in [4.78, 5) is 0. The highest BCUT2D eigenvalue weighted by atomic mass is 19.1. The van der Waals surface area contributed by atoms with Gasteiger partial charge in [0.15, 0.2) is 0 Å². The van der Waals surface area contributed by atoms with E-state index in [0.717, 1.165) is 16.9 Å². The number of aryl methyl sites for hydroxylation is 1. The van der Waals surface area contributed by atoms with E-state index in [1.54, 1.807) is 6.07 Å². The summed E-state index contributed by atoms with van der Waals surface area (Å²) in [7, 11) is 0. The van der Waals surface area contributed by atoms with E-state index >= 15 is 0 Å². The monoisotopic (exact) mass is 259 g/mol. The van der Waals surface area contributed by atoms with Gasteiger partial charge in [0, 0.05) is 6.04 Å². The zero-order chi connectivity index (χ0) is 13.8. The number of halogens is 1. The van der Waals surface area contributed by atoms with Gasteiger partial charge < -0.3 is 10.5 Å². The third-order valence-electron chi connectivity index (χ3n) is 3.00. The SMILES string of the molecule is Cc1ccccc1OC(c1cccc(F)c1)C(C)N. The van der Waals surface area contributed by atoms with E-state index in [2.05, 4.69) is 0 Å². The molecule has 0 saturated carbocycles. The van der Waals surface area contributed by atoms with Gasteiger partial charge in [-0.3, -0.25) is 0 Å². The maximum Gasteiger partial charge on any atom is 0.139 e. The van der Waals surface area contributed by atoms with Crippen LogP contribution in [0, 0.1) is 12.7 Å². The molecule has 0 fully saturated rings. The number of hydrogen-bond donors (Lipinski definition) is 1. The van der Waals surface area contributed by atoms with Gasteiger partial charge in [0.1, 0.15) is 17.7 Å². The summed E-state index contributed by atoms with van der Waals surface area (Å²) in [6.45, 7) is 3.83. The predicted octanol–water partition coefficient (Wildman–Crippen LogP) is 3.60. The van der Waals surface area contributed by atoms with Gasteiger partial charge in [0.05, 0.1) is 0 Å². The number of para-hydroxylation sites is 1. The first kappa shape index (κ1) is 13.6. The third kappa shape index (κ3) is 3.32. The van der Waals surface area contributed by atoms with Crippen LogP contribution in [0.4, 0.5) is 4.39 Å². The van der Waals surface area contributed by atoms with Crippen molar-refractivity contribution in [3.63, 3.8) is 0 Å². The van der Waals surface area contributed by atoms with E-state index in [1.165, 1.54) is 12.1 Å². The van der Waals surface area contributed by atoms with Crippen LogP contribution in [0.2, 0.25) is 0 Å². The second kappa shape index (κ2) is 5.85. The van der Waals surface area contributed by atoms with Crippen LogP contribution >= 0.6 is 0 Å². The van der Waals surface area contributed by atoms with E-state index < -0.39 is 0 Å². The van der Waals surface area contributed by atoms with Crippen molar-refractivity contribution in [3.05, 3.63) is 65.5 Å². The minimum absolute atomic E-state index is 0.235. The Kier molecular flexibility index (Phi) is 4.17. The van der Waals surface area contributed by atoms with E-state index in [0.29, 0.717) is 0 Å². The van der Waals surface area contributed by atoms with Crippen LogP contribution in [0.1, 0.15) is 24.2 Å². The fourth-order valence-electron chi connectivity index (χ4n) is 1.99. The molecule has 0 heterocycles. The Morgan fingerprint density at radius 2 is 1.84 bits per heavy atom. The van der Waals surface area contributed by atoms with Crippen molar-refractivity contribution in [3.8, 4) is 5.75 Å². The second-order valence-electron chi connectivity index (χ2n) is 4.72. The Morgan fingerprint density at radius 3 is 2.47 bits per heavy atom. The molecule has 2 aromatic carbocycles. The molecule has 2 unspecified atom stereocenters. The largest absolute Gasteiger partial charge is 0.484 e. The zero-order valence-electron chi connectivity index (χ0n) is 11.1. The molecule has 2 rings (SSSR count). The van der Waals surface area contributed by atoms with Gasteiger partial charge in [-0.05, 0) is 43.2 Å². The molecule has 2 nitrogen and oxygen atoms in total. The Bertz CT molecular complexity index is 554. The predicted molar refractivity (Wildman–Crippen MR) is 74.6 cm³/mol. The Balaban J connectivity index is 2.29. The average molecular weight is 259 g/mol. The molecule has 0 bridgehead atoms. The van der Waals surface area contributed by atoms with Gasteiger partial charge in [0.25, 0.3) is 0 Å². The molecule has 2 aromatic rings. The van der Waals surface area contributed by atoms with Crippen molar-refractivity contribution in [1.29, 1.82) is 0 Å². The lowest BCUT2D eigenvalue weighted by Crippen LogP contribution is -2.29. The van der Waals surface area contributed by atoms with Crippen LogP contribution in [-0.2, 0) is 0 Å². The highest BCUT2D eigenvalue weighted by Gasteiger charge is 2.19. The molecule has 0 spiro atoms. The minimum Gasteiger partial charge on any atom is -0.484 e. The second-order valence-corrected chi connectivity index (χ2v) is 4.72. The molecule has 0 amide bonds. The van der Waals surface area contributed by atoms with Crippen LogP contribution in [0.15, 0.2) is 48.5 Å². The number of rotatable bonds is 4. The zero-order valence-corrected chi connectivity index (χ0v) is 11.1. The molecule has 100 valence electrons. The molecule has 2 atom stereocenters. The van der Waals surface area contributed by atoms with Crippen LogP contribution in [-0.4, -0.2) is 6.04 Å². The fraction of sp³-hybridized carbons (Fsp3) is 0.250. The van der Waals surface area contributed by atoms with Crippen LogP contribution in [0.25, 0.3) is 0 Å². The maximum absolute atomic E-state index is 13.3. The van der Waals surface area contributed by atoms with Crippen molar-refractivity contribution < 1.29 is 9.13 Å². The summed E-state index contributed by atoms with van der Waals surface area (Å²) in [6, 6.07) is 13.9. The summed E-state index contributed by atoms with van der Waals surface area (Å²) < 4.78 is 19.3. The summed E-state index contributed by atoms with van der Waals surface area (Å²) in [6.07, 6.45) is -0.364.